The van der Waals surface area contributed by atoms with Crippen LogP contribution in [-0.2, 0) is 14.3 Å². The van der Waals surface area contributed by atoms with Gasteiger partial charge in [0, 0.05) is 0 Å². The number of carbonyl (C=O) groups excluding carboxylic acids is 1. The first-order chi connectivity index (χ1) is 8.17. The zero-order valence-electron chi connectivity index (χ0n) is 9.87. The van der Waals surface area contributed by atoms with Gasteiger partial charge in [0.25, 0.3) is 0 Å². The second-order valence-corrected chi connectivity index (χ2v) is 4.06. The fraction of sp³-hybridized carbons (Fsp3) is 0.462. The third-order valence-corrected chi connectivity index (χ3v) is 2.84. The predicted octanol–water partition coefficient (Wildman–Crippen LogP) is 1.12. The van der Waals surface area contributed by atoms with Crippen LogP contribution in [-0.4, -0.2) is 35.5 Å². The zero-order valence-corrected chi connectivity index (χ0v) is 9.87. The molecule has 17 heavy (non-hydrogen) atoms. The van der Waals surface area contributed by atoms with Crippen molar-refractivity contribution in [3.05, 3.63) is 36.0 Å². The van der Waals surface area contributed by atoms with Crippen LogP contribution in [0, 0.1) is 0 Å². The molecule has 0 radical (unpaired) electrons. The number of allylic oxidation sites excluding steroid dienone is 2. The number of ether oxygens (including phenoxy) is 2. The molecule has 0 bridgehead atoms. The smallest absolute Gasteiger partial charge is 0.337 e. The molecule has 2 aliphatic heterocycles. The highest BCUT2D eigenvalue weighted by Crippen LogP contribution is 2.31. The number of fused-ring (bicyclic) bond motifs is 1. The van der Waals surface area contributed by atoms with E-state index in [2.05, 4.69) is 0 Å². The van der Waals surface area contributed by atoms with Gasteiger partial charge in [-0.05, 0) is 26.0 Å². The second-order valence-electron chi connectivity index (χ2n) is 4.06. The van der Waals surface area contributed by atoms with Crippen molar-refractivity contribution in [3.63, 3.8) is 0 Å². The maximum absolute atomic E-state index is 11.6. The SMILES string of the molecule is C/C=C/C1OC2C(=CC1O)C(=O)OC2/C=C/C. The Labute approximate surface area is 100 Å². The minimum Gasteiger partial charge on any atom is -0.452 e. The Morgan fingerprint density at radius 3 is 2.53 bits per heavy atom. The number of esters is 1. The Morgan fingerprint density at radius 2 is 1.88 bits per heavy atom. The molecule has 4 nitrogen and oxygen atoms in total. The van der Waals surface area contributed by atoms with Gasteiger partial charge < -0.3 is 14.6 Å². The number of aliphatic hydroxyl groups excluding tert-OH is 1. The highest BCUT2D eigenvalue weighted by Gasteiger charge is 2.44. The van der Waals surface area contributed by atoms with E-state index in [1.807, 2.05) is 26.0 Å². The third-order valence-electron chi connectivity index (χ3n) is 2.84. The molecule has 2 aliphatic rings. The molecule has 4 atom stereocenters. The molecular weight excluding hydrogens is 220 g/mol. The number of hydrogen-bond donors (Lipinski definition) is 1. The molecule has 1 fully saturated rings. The van der Waals surface area contributed by atoms with E-state index in [9.17, 15) is 9.90 Å². The molecule has 1 N–H and O–H groups in total. The zero-order chi connectivity index (χ0) is 12.4. The lowest BCUT2D eigenvalue weighted by atomic mass is 9.99. The van der Waals surface area contributed by atoms with E-state index in [4.69, 9.17) is 9.47 Å². The van der Waals surface area contributed by atoms with Crippen LogP contribution in [0.1, 0.15) is 13.8 Å². The molecule has 1 saturated heterocycles. The predicted molar refractivity (Wildman–Crippen MR) is 62.3 cm³/mol. The van der Waals surface area contributed by atoms with Gasteiger partial charge in [0.1, 0.15) is 18.3 Å². The van der Waals surface area contributed by atoms with Gasteiger partial charge >= 0.3 is 5.97 Å². The van der Waals surface area contributed by atoms with Gasteiger partial charge in [-0.25, -0.2) is 4.79 Å². The molecule has 0 amide bonds. The first-order valence-electron chi connectivity index (χ1n) is 5.69. The second kappa shape index (κ2) is 4.85. The van der Waals surface area contributed by atoms with E-state index in [0.717, 1.165) is 0 Å². The van der Waals surface area contributed by atoms with Crippen molar-refractivity contribution in [1.82, 2.24) is 0 Å². The van der Waals surface area contributed by atoms with Crippen LogP contribution in [0.3, 0.4) is 0 Å². The summed E-state index contributed by atoms with van der Waals surface area (Å²) < 4.78 is 10.9. The van der Waals surface area contributed by atoms with E-state index in [1.165, 1.54) is 6.08 Å². The van der Waals surface area contributed by atoms with Gasteiger partial charge in [0.2, 0.25) is 0 Å². The van der Waals surface area contributed by atoms with Crippen molar-refractivity contribution in [2.45, 2.75) is 38.3 Å². The fourth-order valence-corrected chi connectivity index (χ4v) is 2.07. The van der Waals surface area contributed by atoms with Gasteiger partial charge in [-0.15, -0.1) is 0 Å². The van der Waals surface area contributed by atoms with Crippen LogP contribution in [0.15, 0.2) is 36.0 Å². The average molecular weight is 236 g/mol. The van der Waals surface area contributed by atoms with Gasteiger partial charge in [-0.1, -0.05) is 18.2 Å². The normalized spacial score (nSPS) is 37.4. The topological polar surface area (TPSA) is 55.8 Å². The number of carbonyl (C=O) groups is 1. The standard InChI is InChI=1S/C13H16O4/c1-3-5-10-9(14)7-8-12(16-10)11(6-4-2)17-13(8)15/h3-7,9-12,14H,1-2H3/b5-3+,6-4+. The Kier molecular flexibility index (Phi) is 3.45. The van der Waals surface area contributed by atoms with Crippen LogP contribution in [0.5, 0.6) is 0 Å². The van der Waals surface area contributed by atoms with Crippen molar-refractivity contribution >= 4 is 5.97 Å². The highest BCUT2D eigenvalue weighted by molar-refractivity contribution is 5.92. The van der Waals surface area contributed by atoms with Gasteiger partial charge in [0.05, 0.1) is 5.57 Å². The average Bonchev–Trinajstić information content (AvgIpc) is 2.58. The lowest BCUT2D eigenvalue weighted by Gasteiger charge is -2.28. The lowest BCUT2D eigenvalue weighted by molar-refractivity contribution is -0.138. The van der Waals surface area contributed by atoms with Crippen molar-refractivity contribution < 1.29 is 19.4 Å². The summed E-state index contributed by atoms with van der Waals surface area (Å²) in [5.74, 6) is -0.406. The van der Waals surface area contributed by atoms with E-state index in [0.29, 0.717) is 5.57 Å². The minimum atomic E-state index is -0.797. The number of cyclic esters (lactones) is 1. The van der Waals surface area contributed by atoms with Crippen molar-refractivity contribution in [2.24, 2.45) is 0 Å². The summed E-state index contributed by atoms with van der Waals surface area (Å²) in [7, 11) is 0. The largest absolute Gasteiger partial charge is 0.452 e. The molecule has 4 heteroatoms. The summed E-state index contributed by atoms with van der Waals surface area (Å²) in [5, 5.41) is 9.80. The van der Waals surface area contributed by atoms with Crippen molar-refractivity contribution in [1.29, 1.82) is 0 Å². The molecular formula is C13H16O4. The van der Waals surface area contributed by atoms with Crippen LogP contribution < -0.4 is 0 Å². The lowest BCUT2D eigenvalue weighted by Crippen LogP contribution is -2.39. The minimum absolute atomic E-state index is 0.390. The molecule has 2 rings (SSSR count). The molecule has 0 aromatic rings. The third kappa shape index (κ3) is 2.18. The number of aliphatic hydroxyl groups is 1. The molecule has 2 heterocycles. The maximum atomic E-state index is 11.6. The Hall–Kier alpha value is -1.39. The molecule has 0 aromatic heterocycles. The molecule has 4 unspecified atom stereocenters. The molecule has 0 aromatic carbocycles. The quantitative estimate of drug-likeness (QED) is 0.576. The summed E-state index contributed by atoms with van der Waals surface area (Å²) in [5.41, 5.74) is 0.418. The summed E-state index contributed by atoms with van der Waals surface area (Å²) in [4.78, 5) is 11.6. The van der Waals surface area contributed by atoms with Crippen molar-refractivity contribution in [2.75, 3.05) is 0 Å². The van der Waals surface area contributed by atoms with Crippen LogP contribution in [0.2, 0.25) is 0 Å². The maximum Gasteiger partial charge on any atom is 0.337 e. The summed E-state index contributed by atoms with van der Waals surface area (Å²) in [6.45, 7) is 3.71. The number of hydrogen-bond acceptors (Lipinski definition) is 4. The highest BCUT2D eigenvalue weighted by atomic mass is 16.6. The Balaban J connectivity index is 2.27. The van der Waals surface area contributed by atoms with Crippen molar-refractivity contribution in [3.8, 4) is 0 Å². The van der Waals surface area contributed by atoms with E-state index in [-0.39, 0.29) is 6.10 Å². The van der Waals surface area contributed by atoms with E-state index < -0.39 is 24.3 Å². The van der Waals surface area contributed by atoms with Gasteiger partial charge in [0.15, 0.2) is 6.10 Å². The number of rotatable bonds is 2. The summed E-state index contributed by atoms with van der Waals surface area (Å²) in [6, 6.07) is 0. The van der Waals surface area contributed by atoms with Crippen LogP contribution in [0.25, 0.3) is 0 Å². The Morgan fingerprint density at radius 1 is 1.24 bits per heavy atom. The van der Waals surface area contributed by atoms with E-state index >= 15 is 0 Å². The monoisotopic (exact) mass is 236 g/mol. The van der Waals surface area contributed by atoms with E-state index in [1.54, 1.807) is 12.2 Å². The Bertz CT molecular complexity index is 394. The molecule has 0 spiro atoms. The van der Waals surface area contributed by atoms with Gasteiger partial charge in [-0.2, -0.15) is 0 Å². The summed E-state index contributed by atoms with van der Waals surface area (Å²) >= 11 is 0. The molecule has 0 aliphatic carbocycles. The van der Waals surface area contributed by atoms with Gasteiger partial charge in [-0.3, -0.25) is 0 Å². The molecule has 92 valence electrons. The summed E-state index contributed by atoms with van der Waals surface area (Å²) in [6.07, 6.45) is 6.70. The first kappa shape index (κ1) is 12.1. The van der Waals surface area contributed by atoms with Crippen LogP contribution in [0.4, 0.5) is 0 Å². The van der Waals surface area contributed by atoms with Crippen LogP contribution >= 0.6 is 0 Å². The first-order valence-corrected chi connectivity index (χ1v) is 5.69. The molecule has 0 saturated carbocycles. The fourth-order valence-electron chi connectivity index (χ4n) is 2.07.